The first-order chi connectivity index (χ1) is 13.1. The predicted octanol–water partition coefficient (Wildman–Crippen LogP) is 1.75. The number of nitrogens with zero attached hydrogens (tertiary/aromatic N) is 1. The van der Waals surface area contributed by atoms with Crippen LogP contribution >= 0.6 is 0 Å². The van der Waals surface area contributed by atoms with Gasteiger partial charge in [0.2, 0.25) is 5.91 Å². The second-order valence-electron chi connectivity index (χ2n) is 5.77. The van der Waals surface area contributed by atoms with Gasteiger partial charge in [-0.05, 0) is 35.4 Å². The van der Waals surface area contributed by atoms with Crippen molar-refractivity contribution >= 4 is 11.8 Å². The zero-order valence-corrected chi connectivity index (χ0v) is 14.7. The number of hydrogen-bond donors (Lipinski definition) is 2. The topological polar surface area (TPSA) is 91.2 Å². The molecule has 0 aliphatic carbocycles. The van der Waals surface area contributed by atoms with Crippen LogP contribution in [0.3, 0.4) is 0 Å². The van der Waals surface area contributed by atoms with E-state index in [1.807, 2.05) is 0 Å². The first-order valence-electron chi connectivity index (χ1n) is 8.43. The highest BCUT2D eigenvalue weighted by Crippen LogP contribution is 2.12. The smallest absolute Gasteiger partial charge is 0.258 e. The third-order valence-electron chi connectivity index (χ3n) is 3.60. The SMILES string of the molecule is N#CCc1ccc(OCC(=O)NCCNC(=O)Cc2cccc(F)c2)cc1. The van der Waals surface area contributed by atoms with Crippen LogP contribution in [0.2, 0.25) is 0 Å². The van der Waals surface area contributed by atoms with E-state index in [9.17, 15) is 14.0 Å². The van der Waals surface area contributed by atoms with Gasteiger partial charge in [-0.15, -0.1) is 0 Å². The van der Waals surface area contributed by atoms with E-state index >= 15 is 0 Å². The second kappa shape index (κ2) is 10.6. The van der Waals surface area contributed by atoms with Gasteiger partial charge < -0.3 is 15.4 Å². The molecule has 0 saturated heterocycles. The van der Waals surface area contributed by atoms with E-state index in [2.05, 4.69) is 16.7 Å². The zero-order valence-electron chi connectivity index (χ0n) is 14.7. The van der Waals surface area contributed by atoms with Crippen LogP contribution < -0.4 is 15.4 Å². The number of halogens is 1. The number of benzene rings is 2. The Bertz CT molecular complexity index is 816. The highest BCUT2D eigenvalue weighted by atomic mass is 19.1. The highest BCUT2D eigenvalue weighted by molar-refractivity contribution is 5.79. The third-order valence-corrected chi connectivity index (χ3v) is 3.60. The Labute approximate surface area is 157 Å². The van der Waals surface area contributed by atoms with Crippen LogP contribution in [0.1, 0.15) is 11.1 Å². The minimum Gasteiger partial charge on any atom is -0.484 e. The molecule has 2 aromatic carbocycles. The molecule has 27 heavy (non-hydrogen) atoms. The van der Waals surface area contributed by atoms with Gasteiger partial charge in [0, 0.05) is 13.1 Å². The van der Waals surface area contributed by atoms with Crippen molar-refractivity contribution in [3.8, 4) is 11.8 Å². The molecule has 2 aromatic rings. The molecule has 6 nitrogen and oxygen atoms in total. The Balaban J connectivity index is 1.60. The summed E-state index contributed by atoms with van der Waals surface area (Å²) in [5.74, 6) is -0.401. The quantitative estimate of drug-likeness (QED) is 0.659. The summed E-state index contributed by atoms with van der Waals surface area (Å²) < 4.78 is 18.4. The maximum atomic E-state index is 13.1. The number of nitriles is 1. The molecule has 0 aliphatic rings. The molecule has 2 rings (SSSR count). The van der Waals surface area contributed by atoms with Crippen molar-refractivity contribution in [1.82, 2.24) is 10.6 Å². The van der Waals surface area contributed by atoms with Crippen LogP contribution in [-0.2, 0) is 22.4 Å². The summed E-state index contributed by atoms with van der Waals surface area (Å²) >= 11 is 0. The Hall–Kier alpha value is -3.40. The van der Waals surface area contributed by atoms with Crippen molar-refractivity contribution in [2.45, 2.75) is 12.8 Å². The van der Waals surface area contributed by atoms with E-state index in [1.165, 1.54) is 12.1 Å². The standard InChI is InChI=1S/C20H20FN3O3/c21-17-3-1-2-16(12-17)13-19(25)23-10-11-24-20(26)14-27-18-6-4-15(5-7-18)8-9-22/h1-7,12H,8,10-11,13-14H2,(H,23,25)(H,24,26). The van der Waals surface area contributed by atoms with Crippen molar-refractivity contribution in [2.75, 3.05) is 19.7 Å². The van der Waals surface area contributed by atoms with E-state index in [0.717, 1.165) is 5.56 Å². The minimum atomic E-state index is -0.382. The Morgan fingerprint density at radius 1 is 1.00 bits per heavy atom. The first-order valence-corrected chi connectivity index (χ1v) is 8.43. The average Bonchev–Trinajstić information content (AvgIpc) is 2.65. The van der Waals surface area contributed by atoms with Gasteiger partial charge in [0.15, 0.2) is 6.61 Å². The van der Waals surface area contributed by atoms with Gasteiger partial charge in [-0.3, -0.25) is 9.59 Å². The summed E-state index contributed by atoms with van der Waals surface area (Å²) in [4.78, 5) is 23.5. The number of hydrogen-bond acceptors (Lipinski definition) is 4. The van der Waals surface area contributed by atoms with Crippen molar-refractivity contribution in [2.24, 2.45) is 0 Å². The van der Waals surface area contributed by atoms with Crippen LogP contribution in [0.15, 0.2) is 48.5 Å². The van der Waals surface area contributed by atoms with E-state index in [0.29, 0.717) is 17.7 Å². The molecular formula is C20H20FN3O3. The summed E-state index contributed by atoms with van der Waals surface area (Å²) in [6.07, 6.45) is 0.405. The fourth-order valence-electron chi connectivity index (χ4n) is 2.29. The lowest BCUT2D eigenvalue weighted by Crippen LogP contribution is -2.37. The number of carbonyl (C=O) groups is 2. The van der Waals surface area contributed by atoms with Crippen LogP contribution in [0.4, 0.5) is 4.39 Å². The summed E-state index contributed by atoms with van der Waals surface area (Å²) in [6.45, 7) is 0.385. The van der Waals surface area contributed by atoms with Gasteiger partial charge >= 0.3 is 0 Å². The van der Waals surface area contributed by atoms with Crippen molar-refractivity contribution < 1.29 is 18.7 Å². The second-order valence-corrected chi connectivity index (χ2v) is 5.77. The Morgan fingerprint density at radius 3 is 2.37 bits per heavy atom. The Kier molecular flexibility index (Phi) is 7.79. The molecule has 0 unspecified atom stereocenters. The molecule has 0 radical (unpaired) electrons. The fraction of sp³-hybridized carbons (Fsp3) is 0.250. The molecule has 7 heteroatoms. The molecule has 0 spiro atoms. The summed E-state index contributed by atoms with van der Waals surface area (Å²) in [5.41, 5.74) is 1.47. The molecule has 0 fully saturated rings. The van der Waals surface area contributed by atoms with E-state index in [-0.39, 0.29) is 43.7 Å². The van der Waals surface area contributed by atoms with Crippen LogP contribution in [0.25, 0.3) is 0 Å². The van der Waals surface area contributed by atoms with Crippen molar-refractivity contribution in [3.05, 3.63) is 65.5 Å². The zero-order chi connectivity index (χ0) is 19.5. The van der Waals surface area contributed by atoms with Gasteiger partial charge in [-0.1, -0.05) is 24.3 Å². The normalized spacial score (nSPS) is 9.93. The van der Waals surface area contributed by atoms with Gasteiger partial charge in [0.05, 0.1) is 18.9 Å². The molecule has 0 aromatic heterocycles. The van der Waals surface area contributed by atoms with Crippen molar-refractivity contribution in [3.63, 3.8) is 0 Å². The number of nitrogens with one attached hydrogen (secondary N) is 2. The molecule has 0 saturated carbocycles. The fourth-order valence-corrected chi connectivity index (χ4v) is 2.29. The van der Waals surface area contributed by atoms with Gasteiger partial charge in [-0.2, -0.15) is 5.26 Å². The van der Waals surface area contributed by atoms with Gasteiger partial charge in [-0.25, -0.2) is 4.39 Å². The molecular weight excluding hydrogens is 349 g/mol. The third kappa shape index (κ3) is 7.57. The lowest BCUT2D eigenvalue weighted by molar-refractivity contribution is -0.124. The van der Waals surface area contributed by atoms with Crippen LogP contribution in [-0.4, -0.2) is 31.5 Å². The molecule has 0 atom stereocenters. The van der Waals surface area contributed by atoms with Gasteiger partial charge in [0.1, 0.15) is 11.6 Å². The van der Waals surface area contributed by atoms with E-state index in [1.54, 1.807) is 36.4 Å². The number of ether oxygens (including phenoxy) is 1. The largest absolute Gasteiger partial charge is 0.484 e. The Morgan fingerprint density at radius 2 is 1.70 bits per heavy atom. The van der Waals surface area contributed by atoms with Crippen LogP contribution in [0.5, 0.6) is 5.75 Å². The molecule has 2 N–H and O–H groups in total. The number of rotatable bonds is 9. The first kappa shape index (κ1) is 19.9. The molecule has 2 amide bonds. The lowest BCUT2D eigenvalue weighted by atomic mass is 10.1. The summed E-state index contributed by atoms with van der Waals surface area (Å²) in [7, 11) is 0. The minimum absolute atomic E-state index is 0.0800. The lowest BCUT2D eigenvalue weighted by Gasteiger charge is -2.09. The molecule has 0 heterocycles. The maximum Gasteiger partial charge on any atom is 0.258 e. The average molecular weight is 369 g/mol. The van der Waals surface area contributed by atoms with Gasteiger partial charge in [0.25, 0.3) is 5.91 Å². The number of carbonyl (C=O) groups excluding carboxylic acids is 2. The summed E-state index contributed by atoms with van der Waals surface area (Å²) in [6, 6.07) is 14.8. The molecule has 0 bridgehead atoms. The molecule has 0 aliphatic heterocycles. The van der Waals surface area contributed by atoms with Crippen LogP contribution in [0, 0.1) is 17.1 Å². The maximum absolute atomic E-state index is 13.1. The number of amides is 2. The monoisotopic (exact) mass is 369 g/mol. The van der Waals surface area contributed by atoms with E-state index < -0.39 is 0 Å². The highest BCUT2D eigenvalue weighted by Gasteiger charge is 2.05. The summed E-state index contributed by atoms with van der Waals surface area (Å²) in [5, 5.41) is 13.9. The molecule has 140 valence electrons. The van der Waals surface area contributed by atoms with E-state index in [4.69, 9.17) is 10.00 Å². The predicted molar refractivity (Wildman–Crippen MR) is 97.4 cm³/mol. The van der Waals surface area contributed by atoms with Crippen molar-refractivity contribution in [1.29, 1.82) is 5.26 Å².